The van der Waals surface area contributed by atoms with Gasteiger partial charge in [-0.15, -0.1) is 0 Å². The lowest BCUT2D eigenvalue weighted by Crippen LogP contribution is -2.17. The van der Waals surface area contributed by atoms with E-state index in [2.05, 4.69) is 21.6 Å². The maximum Gasteiger partial charge on any atom is 0.228 e. The lowest BCUT2D eigenvalue weighted by Gasteiger charge is -2.12. The highest BCUT2D eigenvalue weighted by Crippen LogP contribution is 2.32. The quantitative estimate of drug-likeness (QED) is 0.938. The van der Waals surface area contributed by atoms with Gasteiger partial charge in [-0.25, -0.2) is 0 Å². The summed E-state index contributed by atoms with van der Waals surface area (Å²) < 4.78 is 3.62. The van der Waals surface area contributed by atoms with Crippen LogP contribution in [0.4, 0.5) is 5.82 Å². The zero-order valence-corrected chi connectivity index (χ0v) is 13.0. The zero-order chi connectivity index (χ0) is 16.0. The van der Waals surface area contributed by atoms with Crippen LogP contribution >= 0.6 is 0 Å². The Morgan fingerprint density at radius 3 is 2.96 bits per heavy atom. The molecule has 0 spiro atoms. The van der Waals surface area contributed by atoms with Gasteiger partial charge in [-0.05, 0) is 39.0 Å². The largest absolute Gasteiger partial charge is 0.309 e. The molecular weight excluding hydrogens is 292 g/mol. The van der Waals surface area contributed by atoms with Crippen LogP contribution in [0, 0.1) is 24.2 Å². The number of carbonyl (C=O) groups excluding carboxylic acids is 1. The number of hydrogen-bond donors (Lipinski definition) is 1. The van der Waals surface area contributed by atoms with Crippen LogP contribution in [-0.2, 0) is 17.8 Å². The summed E-state index contributed by atoms with van der Waals surface area (Å²) in [6.45, 7) is 2.94. The van der Waals surface area contributed by atoms with Crippen molar-refractivity contribution >= 4 is 11.7 Å². The Hall–Kier alpha value is -2.62. The molecule has 7 nitrogen and oxygen atoms in total. The van der Waals surface area contributed by atoms with Crippen LogP contribution in [0.3, 0.4) is 0 Å². The molecule has 2 aliphatic rings. The predicted molar refractivity (Wildman–Crippen MR) is 83.1 cm³/mol. The Bertz CT molecular complexity index is 820. The molecule has 2 aromatic heterocycles. The van der Waals surface area contributed by atoms with E-state index in [1.807, 2.05) is 11.6 Å². The summed E-state index contributed by atoms with van der Waals surface area (Å²) in [4.78, 5) is 12.1. The first kappa shape index (κ1) is 14.0. The number of rotatable bonds is 3. The highest BCUT2D eigenvalue weighted by molar-refractivity contribution is 5.94. The van der Waals surface area contributed by atoms with E-state index in [9.17, 15) is 10.1 Å². The molecule has 4 rings (SSSR count). The van der Waals surface area contributed by atoms with Crippen LogP contribution in [0.1, 0.15) is 42.5 Å². The van der Waals surface area contributed by atoms with Gasteiger partial charge in [-0.1, -0.05) is 0 Å². The summed E-state index contributed by atoms with van der Waals surface area (Å²) in [5.41, 5.74) is 2.66. The third-order valence-corrected chi connectivity index (χ3v) is 4.61. The third-order valence-electron chi connectivity index (χ3n) is 4.61. The normalized spacial score (nSPS) is 16.7. The number of fused-ring (bicyclic) bond motifs is 1. The number of aryl methyl sites for hydroxylation is 1. The van der Waals surface area contributed by atoms with Crippen molar-refractivity contribution < 1.29 is 4.79 Å². The Morgan fingerprint density at radius 2 is 2.26 bits per heavy atom. The van der Waals surface area contributed by atoms with Crippen molar-refractivity contribution in [3.63, 3.8) is 0 Å². The maximum atomic E-state index is 12.1. The summed E-state index contributed by atoms with van der Waals surface area (Å²) in [7, 11) is 0. The molecule has 1 fully saturated rings. The van der Waals surface area contributed by atoms with Crippen molar-refractivity contribution in [2.45, 2.75) is 45.6 Å². The van der Waals surface area contributed by atoms with Gasteiger partial charge in [-0.2, -0.15) is 20.1 Å². The summed E-state index contributed by atoms with van der Waals surface area (Å²) in [5.74, 6) is 1.17. The van der Waals surface area contributed by atoms with Crippen LogP contribution in [0.15, 0.2) is 6.20 Å². The van der Waals surface area contributed by atoms with Gasteiger partial charge in [0.15, 0.2) is 11.6 Å². The first-order chi connectivity index (χ1) is 11.2. The van der Waals surface area contributed by atoms with Gasteiger partial charge >= 0.3 is 0 Å². The minimum atomic E-state index is -0.0372. The Morgan fingerprint density at radius 1 is 1.43 bits per heavy atom. The van der Waals surface area contributed by atoms with Gasteiger partial charge in [-0.3, -0.25) is 9.48 Å². The van der Waals surface area contributed by atoms with Crippen molar-refractivity contribution in [1.29, 1.82) is 5.26 Å². The van der Waals surface area contributed by atoms with Gasteiger partial charge in [0.25, 0.3) is 0 Å². The molecule has 2 aromatic rings. The maximum absolute atomic E-state index is 12.1. The first-order valence-corrected chi connectivity index (χ1v) is 8.04. The molecule has 1 aliphatic carbocycles. The van der Waals surface area contributed by atoms with Crippen molar-refractivity contribution in [3.8, 4) is 11.9 Å². The van der Waals surface area contributed by atoms with Crippen molar-refractivity contribution in [2.75, 3.05) is 5.32 Å². The van der Waals surface area contributed by atoms with Crippen molar-refractivity contribution in [3.05, 3.63) is 23.0 Å². The van der Waals surface area contributed by atoms with E-state index in [0.717, 1.165) is 37.8 Å². The molecule has 0 radical (unpaired) electrons. The van der Waals surface area contributed by atoms with Crippen LogP contribution in [0.5, 0.6) is 0 Å². The van der Waals surface area contributed by atoms with Crippen LogP contribution in [0.25, 0.3) is 5.82 Å². The summed E-state index contributed by atoms with van der Waals surface area (Å²) in [6.07, 6.45) is 6.62. The zero-order valence-electron chi connectivity index (χ0n) is 13.0. The number of nitriles is 1. The number of nitrogens with zero attached hydrogens (tertiary/aromatic N) is 5. The van der Waals surface area contributed by atoms with E-state index in [1.165, 1.54) is 18.3 Å². The smallest absolute Gasteiger partial charge is 0.228 e. The molecule has 7 heteroatoms. The molecule has 1 N–H and O–H groups in total. The fourth-order valence-corrected chi connectivity index (χ4v) is 3.10. The first-order valence-electron chi connectivity index (χ1n) is 8.04. The molecule has 0 atom stereocenters. The van der Waals surface area contributed by atoms with Gasteiger partial charge in [0.05, 0.1) is 6.20 Å². The van der Waals surface area contributed by atoms with Crippen molar-refractivity contribution in [2.24, 2.45) is 5.92 Å². The number of hydrogen-bond acceptors (Lipinski definition) is 4. The van der Waals surface area contributed by atoms with Gasteiger partial charge < -0.3 is 5.32 Å². The minimum Gasteiger partial charge on any atom is -0.309 e. The molecule has 0 bridgehead atoms. The number of anilines is 1. The van der Waals surface area contributed by atoms with E-state index in [0.29, 0.717) is 17.2 Å². The van der Waals surface area contributed by atoms with Gasteiger partial charge in [0.2, 0.25) is 5.91 Å². The van der Waals surface area contributed by atoms with E-state index < -0.39 is 0 Å². The fraction of sp³-hybridized carbons (Fsp3) is 0.500. The SMILES string of the molecule is Cc1c(-n2ncc(C#N)c2NC(=O)C2CC2)nn2c1CCCC2. The van der Waals surface area contributed by atoms with E-state index in [-0.39, 0.29) is 11.8 Å². The summed E-state index contributed by atoms with van der Waals surface area (Å²) in [6, 6.07) is 2.10. The van der Waals surface area contributed by atoms with Gasteiger partial charge in [0.1, 0.15) is 11.6 Å². The lowest BCUT2D eigenvalue weighted by molar-refractivity contribution is -0.117. The highest BCUT2D eigenvalue weighted by Gasteiger charge is 2.31. The van der Waals surface area contributed by atoms with Gasteiger partial charge in [0, 0.05) is 23.7 Å². The highest BCUT2D eigenvalue weighted by atomic mass is 16.2. The second-order valence-electron chi connectivity index (χ2n) is 6.27. The molecule has 0 aromatic carbocycles. The Labute approximate surface area is 133 Å². The predicted octanol–water partition coefficient (Wildman–Crippen LogP) is 1.93. The molecule has 3 heterocycles. The van der Waals surface area contributed by atoms with E-state index >= 15 is 0 Å². The average Bonchev–Trinajstić information content (AvgIpc) is 3.27. The number of carbonyl (C=O) groups is 1. The third kappa shape index (κ3) is 2.31. The monoisotopic (exact) mass is 310 g/mol. The lowest BCUT2D eigenvalue weighted by atomic mass is 10.1. The number of aromatic nitrogens is 4. The molecule has 0 saturated heterocycles. The Kier molecular flexibility index (Phi) is 3.18. The van der Waals surface area contributed by atoms with Crippen molar-refractivity contribution in [1.82, 2.24) is 19.6 Å². The fourth-order valence-electron chi connectivity index (χ4n) is 3.10. The van der Waals surface area contributed by atoms with E-state index in [1.54, 1.807) is 4.68 Å². The van der Waals surface area contributed by atoms with Crippen LogP contribution < -0.4 is 5.32 Å². The Balaban J connectivity index is 1.77. The number of nitrogens with one attached hydrogen (secondary N) is 1. The van der Waals surface area contributed by atoms with Crippen LogP contribution in [0.2, 0.25) is 0 Å². The summed E-state index contributed by atoms with van der Waals surface area (Å²) in [5, 5.41) is 21.1. The molecule has 1 amide bonds. The molecule has 1 saturated carbocycles. The molecule has 1 aliphatic heterocycles. The molecule has 23 heavy (non-hydrogen) atoms. The van der Waals surface area contributed by atoms with Crippen LogP contribution in [-0.4, -0.2) is 25.5 Å². The summed E-state index contributed by atoms with van der Waals surface area (Å²) >= 11 is 0. The topological polar surface area (TPSA) is 88.5 Å². The average molecular weight is 310 g/mol. The van der Waals surface area contributed by atoms with E-state index in [4.69, 9.17) is 0 Å². The molecule has 118 valence electrons. The molecular formula is C16H18N6O. The minimum absolute atomic E-state index is 0.0372. The second kappa shape index (κ2) is 5.23. The standard InChI is InChI=1S/C16H18N6O/c1-10-13-4-2-3-7-21(13)20-14(10)22-15(12(8-17)9-18-22)19-16(23)11-5-6-11/h9,11H,2-7H2,1H3,(H,19,23). The number of amides is 1. The second-order valence-corrected chi connectivity index (χ2v) is 6.27. The molecule has 0 unspecified atom stereocenters.